The molecule has 0 spiro atoms. The molecule has 1 atom stereocenters. The number of aryl methyl sites for hydroxylation is 1. The molecule has 3 aromatic rings. The molecule has 2 heteroatoms. The van der Waals surface area contributed by atoms with E-state index in [-0.39, 0.29) is 11.8 Å². The van der Waals surface area contributed by atoms with Crippen molar-refractivity contribution in [1.82, 2.24) is 5.32 Å². The zero-order valence-corrected chi connectivity index (χ0v) is 14.3. The molecule has 0 amide bonds. The van der Waals surface area contributed by atoms with Crippen molar-refractivity contribution in [3.8, 4) is 0 Å². The third-order valence-corrected chi connectivity index (χ3v) is 4.52. The molecule has 0 aliphatic carbocycles. The molecule has 0 fully saturated rings. The van der Waals surface area contributed by atoms with Crippen molar-refractivity contribution < 1.29 is 4.79 Å². The van der Waals surface area contributed by atoms with Crippen molar-refractivity contribution in [3.63, 3.8) is 0 Å². The molecule has 2 nitrogen and oxygen atoms in total. The Morgan fingerprint density at radius 1 is 1.00 bits per heavy atom. The summed E-state index contributed by atoms with van der Waals surface area (Å²) in [6.07, 6.45) is 0.508. The maximum Gasteiger partial charge on any atom is 0.164 e. The van der Waals surface area contributed by atoms with Gasteiger partial charge in [-0.05, 0) is 41.8 Å². The zero-order valence-electron chi connectivity index (χ0n) is 14.3. The van der Waals surface area contributed by atoms with Crippen LogP contribution < -0.4 is 5.32 Å². The SMILES string of the molecule is Cc1cccc2cc(C(=O)CCNC(C)c3ccccc3)ccc12. The fourth-order valence-electron chi connectivity index (χ4n) is 3.03. The van der Waals surface area contributed by atoms with E-state index in [1.54, 1.807) is 0 Å². The van der Waals surface area contributed by atoms with E-state index in [1.807, 2.05) is 36.4 Å². The van der Waals surface area contributed by atoms with Crippen LogP contribution >= 0.6 is 0 Å². The fraction of sp³-hybridized carbons (Fsp3) is 0.227. The second-order valence-electron chi connectivity index (χ2n) is 6.27. The molecule has 1 N–H and O–H groups in total. The van der Waals surface area contributed by atoms with E-state index in [0.29, 0.717) is 13.0 Å². The van der Waals surface area contributed by atoms with Crippen molar-refractivity contribution in [3.05, 3.63) is 83.4 Å². The molecule has 0 aliphatic rings. The lowest BCUT2D eigenvalue weighted by atomic mass is 10.00. The van der Waals surface area contributed by atoms with E-state index >= 15 is 0 Å². The summed E-state index contributed by atoms with van der Waals surface area (Å²) in [5.41, 5.74) is 3.28. The van der Waals surface area contributed by atoms with E-state index in [1.165, 1.54) is 16.5 Å². The Morgan fingerprint density at radius 3 is 2.58 bits per heavy atom. The van der Waals surface area contributed by atoms with Gasteiger partial charge in [0.25, 0.3) is 0 Å². The summed E-state index contributed by atoms with van der Waals surface area (Å²) in [6.45, 7) is 4.90. The van der Waals surface area contributed by atoms with E-state index < -0.39 is 0 Å². The van der Waals surface area contributed by atoms with Gasteiger partial charge in [0.1, 0.15) is 0 Å². The summed E-state index contributed by atoms with van der Waals surface area (Å²) < 4.78 is 0. The summed E-state index contributed by atoms with van der Waals surface area (Å²) in [6, 6.07) is 22.7. The molecular formula is C22H23NO. The van der Waals surface area contributed by atoms with Crippen molar-refractivity contribution in [2.24, 2.45) is 0 Å². The Balaban J connectivity index is 1.61. The summed E-state index contributed by atoms with van der Waals surface area (Å²) in [7, 11) is 0. The maximum atomic E-state index is 12.5. The maximum absolute atomic E-state index is 12.5. The molecule has 0 aromatic heterocycles. The minimum atomic E-state index is 0.186. The number of Topliss-reactive ketones (excluding diaryl/α,β-unsaturated/α-hetero) is 1. The number of rotatable bonds is 6. The number of nitrogens with one attached hydrogen (secondary N) is 1. The number of hydrogen-bond acceptors (Lipinski definition) is 2. The van der Waals surface area contributed by atoms with Crippen LogP contribution in [0.4, 0.5) is 0 Å². The Bertz CT molecular complexity index is 839. The number of carbonyl (C=O) groups excluding carboxylic acids is 1. The van der Waals surface area contributed by atoms with Gasteiger partial charge < -0.3 is 5.32 Å². The van der Waals surface area contributed by atoms with E-state index in [2.05, 4.69) is 49.5 Å². The molecule has 0 saturated heterocycles. The normalized spacial score (nSPS) is 12.2. The summed E-state index contributed by atoms with van der Waals surface area (Å²) in [4.78, 5) is 12.5. The summed E-state index contributed by atoms with van der Waals surface area (Å²) in [5.74, 6) is 0.186. The topological polar surface area (TPSA) is 29.1 Å². The third-order valence-electron chi connectivity index (χ3n) is 4.52. The van der Waals surface area contributed by atoms with E-state index in [9.17, 15) is 4.79 Å². The van der Waals surface area contributed by atoms with Crippen LogP contribution in [0.15, 0.2) is 66.7 Å². The van der Waals surface area contributed by atoms with Gasteiger partial charge in [0.05, 0.1) is 0 Å². The van der Waals surface area contributed by atoms with E-state index in [0.717, 1.165) is 10.9 Å². The molecule has 3 aromatic carbocycles. The first-order chi connectivity index (χ1) is 11.6. The highest BCUT2D eigenvalue weighted by Crippen LogP contribution is 2.20. The predicted molar refractivity (Wildman–Crippen MR) is 100 cm³/mol. The summed E-state index contributed by atoms with van der Waals surface area (Å²) in [5, 5.41) is 5.77. The first kappa shape index (κ1) is 16.4. The van der Waals surface area contributed by atoms with Gasteiger partial charge in [0.2, 0.25) is 0 Å². The molecule has 0 aliphatic heterocycles. The van der Waals surface area contributed by atoms with Crippen LogP contribution in [0.5, 0.6) is 0 Å². The molecule has 0 radical (unpaired) electrons. The first-order valence-corrected chi connectivity index (χ1v) is 8.46. The second-order valence-corrected chi connectivity index (χ2v) is 6.27. The number of carbonyl (C=O) groups is 1. The second kappa shape index (κ2) is 7.41. The van der Waals surface area contributed by atoms with Gasteiger partial charge in [-0.25, -0.2) is 0 Å². The minimum absolute atomic E-state index is 0.186. The average Bonchev–Trinajstić information content (AvgIpc) is 2.62. The molecular weight excluding hydrogens is 294 g/mol. The van der Waals surface area contributed by atoms with Crippen molar-refractivity contribution in [2.45, 2.75) is 26.3 Å². The minimum Gasteiger partial charge on any atom is -0.310 e. The van der Waals surface area contributed by atoms with Gasteiger partial charge in [-0.2, -0.15) is 0 Å². The Hall–Kier alpha value is -2.45. The van der Waals surface area contributed by atoms with Crippen LogP contribution in [0.1, 0.15) is 40.9 Å². The molecule has 1 unspecified atom stereocenters. The highest BCUT2D eigenvalue weighted by molar-refractivity contribution is 6.00. The summed E-state index contributed by atoms with van der Waals surface area (Å²) >= 11 is 0. The smallest absolute Gasteiger partial charge is 0.164 e. The molecule has 0 heterocycles. The fourth-order valence-corrected chi connectivity index (χ4v) is 3.03. The standard InChI is InChI=1S/C22H23NO/c1-16-7-6-10-19-15-20(11-12-21(16)19)22(24)13-14-23-17(2)18-8-4-3-5-9-18/h3-12,15,17,23H,13-14H2,1-2H3. The van der Waals surface area contributed by atoms with Crippen molar-refractivity contribution >= 4 is 16.6 Å². The molecule has 3 rings (SSSR count). The largest absolute Gasteiger partial charge is 0.310 e. The van der Waals surface area contributed by atoms with Gasteiger partial charge in [0.15, 0.2) is 5.78 Å². The lowest BCUT2D eigenvalue weighted by Gasteiger charge is -2.14. The van der Waals surface area contributed by atoms with Crippen LogP contribution in [0.25, 0.3) is 10.8 Å². The monoisotopic (exact) mass is 317 g/mol. The van der Waals surface area contributed by atoms with Crippen molar-refractivity contribution in [2.75, 3.05) is 6.54 Å². The lowest BCUT2D eigenvalue weighted by Crippen LogP contribution is -2.22. The highest BCUT2D eigenvalue weighted by atomic mass is 16.1. The van der Waals surface area contributed by atoms with E-state index in [4.69, 9.17) is 0 Å². The Labute approximate surface area is 143 Å². The van der Waals surface area contributed by atoms with Crippen LogP contribution in [-0.4, -0.2) is 12.3 Å². The predicted octanol–water partition coefficient (Wildman–Crippen LogP) is 5.07. The number of fused-ring (bicyclic) bond motifs is 1. The van der Waals surface area contributed by atoms with Gasteiger partial charge in [0, 0.05) is 24.6 Å². The highest BCUT2D eigenvalue weighted by Gasteiger charge is 2.09. The third kappa shape index (κ3) is 3.72. The number of hydrogen-bond donors (Lipinski definition) is 1. The number of ketones is 1. The molecule has 0 bridgehead atoms. The molecule has 122 valence electrons. The van der Waals surface area contributed by atoms with Crippen molar-refractivity contribution in [1.29, 1.82) is 0 Å². The average molecular weight is 317 g/mol. The lowest BCUT2D eigenvalue weighted by molar-refractivity contribution is 0.0982. The Kier molecular flexibility index (Phi) is 5.07. The van der Waals surface area contributed by atoms with Gasteiger partial charge in [-0.1, -0.05) is 60.7 Å². The van der Waals surface area contributed by atoms with Gasteiger partial charge in [-0.3, -0.25) is 4.79 Å². The Morgan fingerprint density at radius 2 is 1.79 bits per heavy atom. The van der Waals surface area contributed by atoms with Crippen LogP contribution in [0, 0.1) is 6.92 Å². The van der Waals surface area contributed by atoms with Gasteiger partial charge >= 0.3 is 0 Å². The van der Waals surface area contributed by atoms with Crippen LogP contribution in [0.3, 0.4) is 0 Å². The van der Waals surface area contributed by atoms with Gasteiger partial charge in [-0.15, -0.1) is 0 Å². The number of benzene rings is 3. The molecule has 0 saturated carbocycles. The van der Waals surface area contributed by atoms with Crippen LogP contribution in [0.2, 0.25) is 0 Å². The molecule has 24 heavy (non-hydrogen) atoms. The quantitative estimate of drug-likeness (QED) is 0.643. The van der Waals surface area contributed by atoms with Crippen LogP contribution in [-0.2, 0) is 0 Å². The first-order valence-electron chi connectivity index (χ1n) is 8.46. The zero-order chi connectivity index (χ0) is 16.9.